The highest BCUT2D eigenvalue weighted by Gasteiger charge is 2.08. The first-order chi connectivity index (χ1) is 4.20. The lowest BCUT2D eigenvalue weighted by Gasteiger charge is -2.07. The summed E-state index contributed by atoms with van der Waals surface area (Å²) in [7, 11) is 2.59. The van der Waals surface area contributed by atoms with Crippen molar-refractivity contribution in [3.05, 3.63) is 10.1 Å². The molecular weight excluding hydrogens is 142 g/mol. The summed E-state index contributed by atoms with van der Waals surface area (Å²) in [5, 5.41) is 8.92. The van der Waals surface area contributed by atoms with Crippen LogP contribution < -0.4 is 11.6 Å². The average Bonchev–Trinajstić information content (AvgIpc) is 1.82. The summed E-state index contributed by atoms with van der Waals surface area (Å²) >= 11 is 0. The van der Waals surface area contributed by atoms with Crippen molar-refractivity contribution < 1.29 is 14.5 Å². The second kappa shape index (κ2) is 6.20. The van der Waals surface area contributed by atoms with E-state index in [1.165, 1.54) is 14.2 Å². The number of hydrogen-bond donors (Lipinski definition) is 2. The molecule has 0 amide bonds. The Hall–Kier alpha value is -0.920. The van der Waals surface area contributed by atoms with Gasteiger partial charge in [-0.2, -0.15) is 0 Å². The van der Waals surface area contributed by atoms with Crippen molar-refractivity contribution in [3.8, 4) is 0 Å². The molecule has 4 N–H and O–H groups in total. The van der Waals surface area contributed by atoms with Gasteiger partial charge < -0.3 is 15.6 Å². The lowest BCUT2D eigenvalue weighted by molar-refractivity contribution is -0.574. The number of rotatable bonds is 4. The molecule has 0 aromatic rings. The van der Waals surface area contributed by atoms with E-state index in [1.54, 1.807) is 5.43 Å². The molecule has 10 heavy (non-hydrogen) atoms. The van der Waals surface area contributed by atoms with E-state index in [1.807, 2.05) is 0 Å². The molecule has 0 bridgehead atoms. The van der Waals surface area contributed by atoms with Gasteiger partial charge in [0.25, 0.3) is 6.41 Å². The van der Waals surface area contributed by atoms with E-state index in [0.717, 1.165) is 0 Å². The standard InChI is InChI=1S/C3H8N2O4.H3N/c1-8-3(9-2)4-5(6)7;/h3-4H,1-2H3;1H3. The second-order valence-electron chi connectivity index (χ2n) is 1.19. The highest BCUT2D eigenvalue weighted by atomic mass is 16.7. The third-order valence-corrected chi connectivity index (χ3v) is 0.639. The van der Waals surface area contributed by atoms with Gasteiger partial charge in [0.2, 0.25) is 0 Å². The fourth-order valence-electron chi connectivity index (χ4n) is 0.288. The molecule has 0 aliphatic heterocycles. The number of methoxy groups -OCH3 is 2. The molecule has 7 heteroatoms. The molecule has 0 aromatic heterocycles. The molecule has 0 saturated heterocycles. The minimum absolute atomic E-state index is 0. The van der Waals surface area contributed by atoms with Gasteiger partial charge in [0.15, 0.2) is 5.03 Å². The van der Waals surface area contributed by atoms with Crippen LogP contribution in [0.1, 0.15) is 0 Å². The van der Waals surface area contributed by atoms with E-state index < -0.39 is 11.4 Å². The van der Waals surface area contributed by atoms with Crippen LogP contribution in [0, 0.1) is 10.1 Å². The summed E-state index contributed by atoms with van der Waals surface area (Å²) in [6.45, 7) is 0. The summed E-state index contributed by atoms with van der Waals surface area (Å²) < 4.78 is 8.87. The minimum Gasteiger partial charge on any atom is -0.344 e. The van der Waals surface area contributed by atoms with Crippen LogP contribution in [0.25, 0.3) is 0 Å². The Labute approximate surface area is 58.0 Å². The summed E-state index contributed by atoms with van der Waals surface area (Å²) in [5.41, 5.74) is 1.76. The van der Waals surface area contributed by atoms with Crippen molar-refractivity contribution >= 4 is 0 Å². The highest BCUT2D eigenvalue weighted by Crippen LogP contribution is 1.82. The zero-order valence-electron chi connectivity index (χ0n) is 5.86. The first-order valence-electron chi connectivity index (χ1n) is 2.17. The van der Waals surface area contributed by atoms with Crippen LogP contribution in [-0.2, 0) is 9.47 Å². The quantitative estimate of drug-likeness (QED) is 0.320. The Morgan fingerprint density at radius 3 is 2.00 bits per heavy atom. The number of nitrogens with one attached hydrogen (secondary N) is 1. The van der Waals surface area contributed by atoms with E-state index >= 15 is 0 Å². The highest BCUT2D eigenvalue weighted by molar-refractivity contribution is 4.20. The first kappa shape index (κ1) is 11.8. The molecular formula is C3H11N3O4. The van der Waals surface area contributed by atoms with Gasteiger partial charge in [-0.15, -0.1) is 0 Å². The van der Waals surface area contributed by atoms with Crippen LogP contribution in [0.2, 0.25) is 0 Å². The first-order valence-corrected chi connectivity index (χ1v) is 2.17. The lowest BCUT2D eigenvalue weighted by atomic mass is 11.1. The van der Waals surface area contributed by atoms with Crippen molar-refractivity contribution in [2.45, 2.75) is 6.41 Å². The number of nitrogens with zero attached hydrogens (tertiary/aromatic N) is 1. The van der Waals surface area contributed by atoms with Crippen LogP contribution in [0.4, 0.5) is 0 Å². The molecule has 0 radical (unpaired) electrons. The maximum absolute atomic E-state index is 9.66. The van der Waals surface area contributed by atoms with Crippen molar-refractivity contribution in [2.75, 3.05) is 14.2 Å². The van der Waals surface area contributed by atoms with Crippen LogP contribution in [0.3, 0.4) is 0 Å². The SMILES string of the molecule is COC(N[N+](=O)[O-])OC.N. The molecule has 0 aliphatic rings. The van der Waals surface area contributed by atoms with Gasteiger partial charge in [-0.1, -0.05) is 5.43 Å². The molecule has 0 fully saturated rings. The van der Waals surface area contributed by atoms with Crippen molar-refractivity contribution in [2.24, 2.45) is 0 Å². The fraction of sp³-hybridized carbons (Fsp3) is 1.00. The zero-order chi connectivity index (χ0) is 7.28. The summed E-state index contributed by atoms with van der Waals surface area (Å²) in [4.78, 5) is 9.66. The van der Waals surface area contributed by atoms with E-state index in [2.05, 4.69) is 9.47 Å². The average molecular weight is 153 g/mol. The smallest absolute Gasteiger partial charge is 0.291 e. The normalized spacial score (nSPS) is 8.70. The van der Waals surface area contributed by atoms with Crippen molar-refractivity contribution in [1.29, 1.82) is 0 Å². The fourth-order valence-corrected chi connectivity index (χ4v) is 0.288. The maximum Gasteiger partial charge on any atom is 0.291 e. The molecule has 7 nitrogen and oxygen atoms in total. The molecule has 0 heterocycles. The Morgan fingerprint density at radius 2 is 1.90 bits per heavy atom. The molecule has 0 atom stereocenters. The zero-order valence-corrected chi connectivity index (χ0v) is 5.86. The molecule has 0 aromatic carbocycles. The molecule has 0 spiro atoms. The number of ether oxygens (including phenoxy) is 2. The third-order valence-electron chi connectivity index (χ3n) is 0.639. The van der Waals surface area contributed by atoms with E-state index in [0.29, 0.717) is 0 Å². The van der Waals surface area contributed by atoms with E-state index in [4.69, 9.17) is 0 Å². The number of hydrazine groups is 1. The van der Waals surface area contributed by atoms with Crippen LogP contribution in [0.5, 0.6) is 0 Å². The molecule has 62 valence electrons. The van der Waals surface area contributed by atoms with Gasteiger partial charge in [0.05, 0.1) is 0 Å². The van der Waals surface area contributed by atoms with E-state index in [-0.39, 0.29) is 6.15 Å². The summed E-state index contributed by atoms with van der Waals surface area (Å²) in [5.74, 6) is 0. The Kier molecular flexibility index (Phi) is 7.34. The van der Waals surface area contributed by atoms with Gasteiger partial charge in [-0.25, -0.2) is 10.1 Å². The predicted octanol–water partition coefficient (Wildman–Crippen LogP) is -0.494. The van der Waals surface area contributed by atoms with Crippen LogP contribution >= 0.6 is 0 Å². The predicted molar refractivity (Wildman–Crippen MR) is 33.0 cm³/mol. The van der Waals surface area contributed by atoms with Crippen LogP contribution in [-0.4, -0.2) is 25.7 Å². The van der Waals surface area contributed by atoms with Gasteiger partial charge in [-0.05, 0) is 0 Å². The van der Waals surface area contributed by atoms with Crippen LogP contribution in [0.15, 0.2) is 0 Å². The monoisotopic (exact) mass is 153 g/mol. The van der Waals surface area contributed by atoms with Gasteiger partial charge in [-0.3, -0.25) is 0 Å². The maximum atomic E-state index is 9.66. The second-order valence-corrected chi connectivity index (χ2v) is 1.19. The van der Waals surface area contributed by atoms with Gasteiger partial charge in [0.1, 0.15) is 0 Å². The van der Waals surface area contributed by atoms with Crippen molar-refractivity contribution in [1.82, 2.24) is 11.6 Å². The largest absolute Gasteiger partial charge is 0.344 e. The van der Waals surface area contributed by atoms with E-state index in [9.17, 15) is 10.1 Å². The number of nitro groups is 1. The summed E-state index contributed by atoms with van der Waals surface area (Å²) in [6.07, 6.45) is -0.972. The topological polar surface area (TPSA) is 109 Å². The van der Waals surface area contributed by atoms with Gasteiger partial charge in [0, 0.05) is 14.2 Å². The third kappa shape index (κ3) is 5.22. The Balaban J connectivity index is 0. The van der Waals surface area contributed by atoms with Crippen molar-refractivity contribution in [3.63, 3.8) is 0 Å². The molecule has 0 rings (SSSR count). The Morgan fingerprint density at radius 1 is 1.50 bits per heavy atom. The molecule has 0 unspecified atom stereocenters. The minimum atomic E-state index is -0.972. The molecule has 0 saturated carbocycles. The summed E-state index contributed by atoms with van der Waals surface area (Å²) in [6, 6.07) is 0. The van der Waals surface area contributed by atoms with Gasteiger partial charge >= 0.3 is 0 Å². The molecule has 0 aliphatic carbocycles. The lowest BCUT2D eigenvalue weighted by Crippen LogP contribution is -2.36. The Bertz CT molecular complexity index is 93.7. The number of hydrogen-bond acceptors (Lipinski definition) is 5.